The van der Waals surface area contributed by atoms with E-state index < -0.39 is 8.32 Å². The molecule has 0 saturated heterocycles. The van der Waals surface area contributed by atoms with Crippen LogP contribution in [-0.2, 0) is 9.22 Å². The lowest BCUT2D eigenvalue weighted by molar-refractivity contribution is -0.130. The summed E-state index contributed by atoms with van der Waals surface area (Å²) >= 11 is 0. The van der Waals surface area contributed by atoms with Crippen LogP contribution in [0.2, 0.25) is 16.6 Å². The normalized spacial score (nSPS) is 12.3. The van der Waals surface area contributed by atoms with Crippen LogP contribution in [0.3, 0.4) is 0 Å². The van der Waals surface area contributed by atoms with E-state index in [1.807, 2.05) is 0 Å². The van der Waals surface area contributed by atoms with Crippen LogP contribution >= 0.6 is 0 Å². The molecule has 0 rings (SSSR count). The number of carbonyl (C=O) groups excluding carboxylic acids is 1. The quantitative estimate of drug-likeness (QED) is 0.527. The summed E-state index contributed by atoms with van der Waals surface area (Å²) in [6.45, 7) is 16.4. The Kier molecular flexibility index (Phi) is 5.28. The smallest absolute Gasteiger partial charge is 0.316 e. The third-order valence-corrected chi connectivity index (χ3v) is 9.12. The minimum atomic E-state index is -2.03. The highest BCUT2D eigenvalue weighted by Gasteiger charge is 2.47. The van der Waals surface area contributed by atoms with Gasteiger partial charge in [-0.2, -0.15) is 0 Å². The molecule has 0 saturated carbocycles. The lowest BCUT2D eigenvalue weighted by atomic mass is 10.5. The van der Waals surface area contributed by atoms with E-state index in [1.54, 1.807) is 0 Å². The summed E-state index contributed by atoms with van der Waals surface area (Å²) in [5.74, 6) is -0.266. The molecule has 0 unspecified atom stereocenters. The maximum absolute atomic E-state index is 11.4. The average Bonchev–Trinajstić information content (AvgIpc) is 2.11. The zero-order chi connectivity index (χ0) is 12.2. The zero-order valence-corrected chi connectivity index (χ0v) is 11.8. The van der Waals surface area contributed by atoms with Gasteiger partial charge in [-0.05, 0) is 16.6 Å². The van der Waals surface area contributed by atoms with Gasteiger partial charge in [0.05, 0.1) is 0 Å². The van der Waals surface area contributed by atoms with Crippen molar-refractivity contribution < 1.29 is 9.22 Å². The van der Waals surface area contributed by atoms with Crippen molar-refractivity contribution in [1.29, 1.82) is 0 Å². The largest absolute Gasteiger partial charge is 0.515 e. The summed E-state index contributed by atoms with van der Waals surface area (Å²) in [7, 11) is -2.03. The molecule has 0 N–H and O–H groups in total. The van der Waals surface area contributed by atoms with Crippen molar-refractivity contribution in [2.45, 2.75) is 58.2 Å². The SMILES string of the molecule is C=CC(=O)O[Si](C(C)C)(C(C)C)C(C)C. The van der Waals surface area contributed by atoms with Gasteiger partial charge in [0.1, 0.15) is 0 Å². The van der Waals surface area contributed by atoms with Gasteiger partial charge in [-0.3, -0.25) is 0 Å². The molecule has 0 fully saturated rings. The molecule has 2 nitrogen and oxygen atoms in total. The molecule has 0 heterocycles. The molecule has 3 heteroatoms. The summed E-state index contributed by atoms with van der Waals surface area (Å²) in [6.07, 6.45) is 1.27. The Morgan fingerprint density at radius 1 is 1.07 bits per heavy atom. The van der Waals surface area contributed by atoms with E-state index >= 15 is 0 Å². The molecule has 0 amide bonds. The Labute approximate surface area is 94.8 Å². The van der Waals surface area contributed by atoms with Crippen molar-refractivity contribution >= 4 is 14.3 Å². The van der Waals surface area contributed by atoms with Crippen molar-refractivity contribution in [3.63, 3.8) is 0 Å². The highest BCUT2D eigenvalue weighted by Crippen LogP contribution is 2.42. The van der Waals surface area contributed by atoms with E-state index in [4.69, 9.17) is 4.43 Å². The van der Waals surface area contributed by atoms with E-state index in [0.29, 0.717) is 16.6 Å². The molecular weight excluding hydrogens is 204 g/mol. The summed E-state index contributed by atoms with van der Waals surface area (Å²) in [5, 5.41) is 0. The first-order valence-electron chi connectivity index (χ1n) is 5.64. The van der Waals surface area contributed by atoms with E-state index in [0.717, 1.165) is 0 Å². The van der Waals surface area contributed by atoms with Crippen molar-refractivity contribution in [1.82, 2.24) is 0 Å². The topological polar surface area (TPSA) is 26.3 Å². The van der Waals surface area contributed by atoms with E-state index in [2.05, 4.69) is 48.1 Å². The Hall–Kier alpha value is -0.573. The van der Waals surface area contributed by atoms with Gasteiger partial charge in [0.15, 0.2) is 0 Å². The number of hydrogen-bond acceptors (Lipinski definition) is 2. The lowest BCUT2D eigenvalue weighted by Gasteiger charge is -2.40. The predicted octanol–water partition coefficient (Wildman–Crippen LogP) is 3.89. The monoisotopic (exact) mass is 228 g/mol. The van der Waals surface area contributed by atoms with Crippen LogP contribution in [0.25, 0.3) is 0 Å². The fourth-order valence-corrected chi connectivity index (χ4v) is 7.71. The van der Waals surface area contributed by atoms with Crippen LogP contribution in [0.5, 0.6) is 0 Å². The minimum absolute atomic E-state index is 0.266. The second kappa shape index (κ2) is 5.49. The first-order valence-corrected chi connectivity index (χ1v) is 7.78. The van der Waals surface area contributed by atoms with E-state index in [1.165, 1.54) is 6.08 Å². The van der Waals surface area contributed by atoms with Crippen molar-refractivity contribution in [2.24, 2.45) is 0 Å². The van der Waals surface area contributed by atoms with Gasteiger partial charge in [-0.25, -0.2) is 4.79 Å². The number of carbonyl (C=O) groups is 1. The third kappa shape index (κ3) is 2.94. The van der Waals surface area contributed by atoms with Crippen LogP contribution in [-0.4, -0.2) is 14.3 Å². The fraction of sp³-hybridized carbons (Fsp3) is 0.750. The first kappa shape index (κ1) is 14.4. The van der Waals surface area contributed by atoms with Gasteiger partial charge in [-0.1, -0.05) is 48.1 Å². The fourth-order valence-electron chi connectivity index (χ4n) is 2.57. The van der Waals surface area contributed by atoms with Crippen molar-refractivity contribution in [2.75, 3.05) is 0 Å². The number of rotatable bonds is 5. The first-order chi connectivity index (χ1) is 6.78. The van der Waals surface area contributed by atoms with Crippen molar-refractivity contribution in [3.8, 4) is 0 Å². The summed E-state index contributed by atoms with van der Waals surface area (Å²) in [6, 6.07) is 0. The van der Waals surface area contributed by atoms with Crippen LogP contribution in [0.4, 0.5) is 0 Å². The summed E-state index contributed by atoms with van der Waals surface area (Å²) in [5.41, 5.74) is 1.30. The minimum Gasteiger partial charge on any atom is -0.515 e. The van der Waals surface area contributed by atoms with E-state index in [9.17, 15) is 4.79 Å². The van der Waals surface area contributed by atoms with Crippen molar-refractivity contribution in [3.05, 3.63) is 12.7 Å². The molecule has 0 aliphatic heterocycles. The molecule has 0 aliphatic rings. The molecule has 0 bridgehead atoms. The second-order valence-corrected chi connectivity index (χ2v) is 10.3. The average molecular weight is 228 g/mol. The highest BCUT2D eigenvalue weighted by atomic mass is 28.4. The Balaban J connectivity index is 5.13. The molecule has 0 spiro atoms. The van der Waals surface area contributed by atoms with Crippen LogP contribution < -0.4 is 0 Å². The Morgan fingerprint density at radius 3 is 1.60 bits per heavy atom. The van der Waals surface area contributed by atoms with Gasteiger partial charge in [-0.15, -0.1) is 0 Å². The molecular formula is C12H24O2Si. The second-order valence-electron chi connectivity index (χ2n) is 4.94. The standard InChI is InChI=1S/C12H24O2Si/c1-8-12(13)14-15(9(2)3,10(4)5)11(6)7/h8-11H,1H2,2-7H3. The molecule has 0 aromatic rings. The molecule has 0 aromatic heterocycles. The molecule has 0 aromatic carbocycles. The lowest BCUT2D eigenvalue weighted by Crippen LogP contribution is -2.48. The van der Waals surface area contributed by atoms with Crippen LogP contribution in [0.1, 0.15) is 41.5 Å². The number of hydrogen-bond donors (Lipinski definition) is 0. The van der Waals surface area contributed by atoms with Gasteiger partial charge < -0.3 is 4.43 Å². The zero-order valence-electron chi connectivity index (χ0n) is 10.8. The molecule has 0 aliphatic carbocycles. The third-order valence-electron chi connectivity index (χ3n) is 3.15. The van der Waals surface area contributed by atoms with Crippen LogP contribution in [0, 0.1) is 0 Å². The van der Waals surface area contributed by atoms with Gasteiger partial charge in [0, 0.05) is 6.08 Å². The summed E-state index contributed by atoms with van der Waals surface area (Å²) in [4.78, 5) is 11.4. The van der Waals surface area contributed by atoms with Crippen LogP contribution in [0.15, 0.2) is 12.7 Å². The highest BCUT2D eigenvalue weighted by molar-refractivity contribution is 6.79. The molecule has 88 valence electrons. The molecule has 0 radical (unpaired) electrons. The van der Waals surface area contributed by atoms with Gasteiger partial charge in [0.2, 0.25) is 0 Å². The van der Waals surface area contributed by atoms with Gasteiger partial charge in [0.25, 0.3) is 8.32 Å². The molecule has 15 heavy (non-hydrogen) atoms. The van der Waals surface area contributed by atoms with E-state index in [-0.39, 0.29) is 5.97 Å². The maximum atomic E-state index is 11.4. The molecule has 0 atom stereocenters. The Bertz CT molecular complexity index is 210. The Morgan fingerprint density at radius 2 is 1.40 bits per heavy atom. The predicted molar refractivity (Wildman–Crippen MR) is 67.3 cm³/mol. The summed E-state index contributed by atoms with van der Waals surface area (Å²) < 4.78 is 5.75. The maximum Gasteiger partial charge on any atom is 0.316 e. The van der Waals surface area contributed by atoms with Gasteiger partial charge >= 0.3 is 5.97 Å².